The van der Waals surface area contributed by atoms with Gasteiger partial charge in [0.05, 0.1) is 12.2 Å². The Kier molecular flexibility index (Phi) is 3.74. The fourth-order valence-corrected chi connectivity index (χ4v) is 1.52. The van der Waals surface area contributed by atoms with Gasteiger partial charge in [0.25, 0.3) is 5.91 Å². The van der Waals surface area contributed by atoms with E-state index in [4.69, 9.17) is 9.52 Å². The third-order valence-corrected chi connectivity index (χ3v) is 2.37. The highest BCUT2D eigenvalue weighted by atomic mass is 19.1. The highest BCUT2D eigenvalue weighted by Crippen LogP contribution is 2.24. The van der Waals surface area contributed by atoms with E-state index in [-0.39, 0.29) is 18.9 Å². The lowest BCUT2D eigenvalue weighted by Gasteiger charge is -2.00. The second kappa shape index (κ2) is 5.46. The van der Waals surface area contributed by atoms with Crippen LogP contribution in [0.5, 0.6) is 0 Å². The SMILES string of the molecule is O=C(NCCO)c1ccc(-c2ccccc2F)o1. The molecule has 1 aromatic heterocycles. The number of aliphatic hydroxyl groups is 1. The van der Waals surface area contributed by atoms with Crippen molar-refractivity contribution in [1.82, 2.24) is 5.32 Å². The summed E-state index contributed by atoms with van der Waals surface area (Å²) in [6.45, 7) is 0.00117. The molecule has 0 atom stereocenters. The molecule has 2 N–H and O–H groups in total. The first-order valence-corrected chi connectivity index (χ1v) is 5.46. The van der Waals surface area contributed by atoms with Crippen molar-refractivity contribution in [2.75, 3.05) is 13.2 Å². The van der Waals surface area contributed by atoms with Crippen LogP contribution in [0.1, 0.15) is 10.6 Å². The molecule has 0 aliphatic rings. The van der Waals surface area contributed by atoms with Gasteiger partial charge in [-0.2, -0.15) is 0 Å². The van der Waals surface area contributed by atoms with E-state index >= 15 is 0 Å². The van der Waals surface area contributed by atoms with Gasteiger partial charge in [-0.05, 0) is 24.3 Å². The minimum Gasteiger partial charge on any atom is -0.451 e. The van der Waals surface area contributed by atoms with Gasteiger partial charge in [0.15, 0.2) is 5.76 Å². The summed E-state index contributed by atoms with van der Waals surface area (Å²) in [5, 5.41) is 11.0. The minimum atomic E-state index is -0.438. The maximum Gasteiger partial charge on any atom is 0.287 e. The van der Waals surface area contributed by atoms with Crippen molar-refractivity contribution in [3.63, 3.8) is 0 Å². The number of carbonyl (C=O) groups is 1. The number of nitrogens with one attached hydrogen (secondary N) is 1. The molecule has 1 amide bonds. The van der Waals surface area contributed by atoms with E-state index in [1.165, 1.54) is 18.2 Å². The van der Waals surface area contributed by atoms with E-state index in [9.17, 15) is 9.18 Å². The van der Waals surface area contributed by atoms with Gasteiger partial charge >= 0.3 is 0 Å². The van der Waals surface area contributed by atoms with E-state index in [0.717, 1.165) is 0 Å². The second-order valence-corrected chi connectivity index (χ2v) is 3.62. The Balaban J connectivity index is 2.21. The molecule has 0 unspecified atom stereocenters. The van der Waals surface area contributed by atoms with Gasteiger partial charge in [-0.1, -0.05) is 12.1 Å². The molecule has 0 spiro atoms. The molecule has 0 bridgehead atoms. The number of halogens is 1. The Morgan fingerprint density at radius 3 is 2.78 bits per heavy atom. The highest BCUT2D eigenvalue weighted by molar-refractivity contribution is 5.92. The summed E-state index contributed by atoms with van der Waals surface area (Å²) in [7, 11) is 0. The molecule has 0 saturated carbocycles. The van der Waals surface area contributed by atoms with Crippen molar-refractivity contribution in [1.29, 1.82) is 0 Å². The van der Waals surface area contributed by atoms with Crippen LogP contribution in [-0.4, -0.2) is 24.2 Å². The average molecular weight is 249 g/mol. The summed E-state index contributed by atoms with van der Waals surface area (Å²) in [5.74, 6) is -0.468. The molecule has 0 radical (unpaired) electrons. The molecule has 94 valence electrons. The summed E-state index contributed by atoms with van der Waals surface area (Å²) in [5.41, 5.74) is 0.304. The molecular formula is C13H12FNO3. The van der Waals surface area contributed by atoms with Crippen molar-refractivity contribution in [2.24, 2.45) is 0 Å². The number of aliphatic hydroxyl groups excluding tert-OH is 1. The summed E-state index contributed by atoms with van der Waals surface area (Å²) in [4.78, 5) is 11.5. The standard InChI is InChI=1S/C13H12FNO3/c14-10-4-2-1-3-9(10)11-5-6-12(18-11)13(17)15-7-8-16/h1-6,16H,7-8H2,(H,15,17). The fourth-order valence-electron chi connectivity index (χ4n) is 1.52. The summed E-state index contributed by atoms with van der Waals surface area (Å²) in [6, 6.07) is 9.16. The van der Waals surface area contributed by atoms with E-state index in [0.29, 0.717) is 11.3 Å². The van der Waals surface area contributed by atoms with Gasteiger partial charge in [-0.15, -0.1) is 0 Å². The Morgan fingerprint density at radius 1 is 1.28 bits per heavy atom. The summed E-state index contributed by atoms with van der Waals surface area (Å²) >= 11 is 0. The molecule has 18 heavy (non-hydrogen) atoms. The molecule has 5 heteroatoms. The van der Waals surface area contributed by atoms with Crippen LogP contribution in [0.3, 0.4) is 0 Å². The van der Waals surface area contributed by atoms with Crippen molar-refractivity contribution >= 4 is 5.91 Å². The summed E-state index contributed by atoms with van der Waals surface area (Å²) < 4.78 is 18.8. The van der Waals surface area contributed by atoms with Crippen LogP contribution >= 0.6 is 0 Å². The Labute approximate surface area is 103 Å². The topological polar surface area (TPSA) is 62.5 Å². The molecule has 0 fully saturated rings. The molecule has 0 aliphatic heterocycles. The average Bonchev–Trinajstić information content (AvgIpc) is 2.86. The van der Waals surface area contributed by atoms with E-state index in [1.807, 2.05) is 0 Å². The van der Waals surface area contributed by atoms with Crippen LogP contribution in [0.25, 0.3) is 11.3 Å². The minimum absolute atomic E-state index is 0.0849. The van der Waals surface area contributed by atoms with E-state index in [1.54, 1.807) is 18.2 Å². The molecular weight excluding hydrogens is 237 g/mol. The lowest BCUT2D eigenvalue weighted by atomic mass is 10.1. The number of rotatable bonds is 4. The lowest BCUT2D eigenvalue weighted by molar-refractivity contribution is 0.0918. The first-order valence-electron chi connectivity index (χ1n) is 5.46. The molecule has 4 nitrogen and oxygen atoms in total. The number of furan rings is 1. The monoisotopic (exact) mass is 249 g/mol. The fraction of sp³-hybridized carbons (Fsp3) is 0.154. The second-order valence-electron chi connectivity index (χ2n) is 3.62. The van der Waals surface area contributed by atoms with Gasteiger partial charge < -0.3 is 14.8 Å². The third kappa shape index (κ3) is 2.57. The molecule has 2 aromatic rings. The third-order valence-electron chi connectivity index (χ3n) is 2.37. The Bertz CT molecular complexity index is 551. The molecule has 2 rings (SSSR count). The zero-order chi connectivity index (χ0) is 13.0. The first-order chi connectivity index (χ1) is 8.72. The number of hydrogen-bond acceptors (Lipinski definition) is 3. The zero-order valence-corrected chi connectivity index (χ0v) is 9.52. The van der Waals surface area contributed by atoms with Crippen LogP contribution in [0.2, 0.25) is 0 Å². The largest absolute Gasteiger partial charge is 0.451 e. The molecule has 0 saturated heterocycles. The predicted octanol–water partition coefficient (Wildman–Crippen LogP) is 1.81. The molecule has 1 heterocycles. The normalized spacial score (nSPS) is 10.3. The van der Waals surface area contributed by atoms with E-state index in [2.05, 4.69) is 5.32 Å². The van der Waals surface area contributed by atoms with Crippen LogP contribution in [0.15, 0.2) is 40.8 Å². The van der Waals surface area contributed by atoms with Gasteiger partial charge in [0.2, 0.25) is 0 Å². The number of amides is 1. The van der Waals surface area contributed by atoms with E-state index < -0.39 is 11.7 Å². The molecule has 1 aromatic carbocycles. The number of benzene rings is 1. The van der Waals surface area contributed by atoms with Gasteiger partial charge in [0, 0.05) is 6.54 Å². The molecule has 0 aliphatic carbocycles. The van der Waals surface area contributed by atoms with Crippen molar-refractivity contribution in [2.45, 2.75) is 0 Å². The number of carbonyl (C=O) groups excluding carboxylic acids is 1. The maximum atomic E-state index is 13.5. The van der Waals surface area contributed by atoms with Crippen molar-refractivity contribution in [3.8, 4) is 11.3 Å². The highest BCUT2D eigenvalue weighted by Gasteiger charge is 2.13. The summed E-state index contributed by atoms with van der Waals surface area (Å²) in [6.07, 6.45) is 0. The number of hydrogen-bond donors (Lipinski definition) is 2. The lowest BCUT2D eigenvalue weighted by Crippen LogP contribution is -2.25. The van der Waals surface area contributed by atoms with Crippen LogP contribution in [0.4, 0.5) is 4.39 Å². The van der Waals surface area contributed by atoms with Crippen molar-refractivity contribution in [3.05, 3.63) is 48.0 Å². The van der Waals surface area contributed by atoms with Gasteiger partial charge in [-0.25, -0.2) is 4.39 Å². The quantitative estimate of drug-likeness (QED) is 0.868. The maximum absolute atomic E-state index is 13.5. The Hall–Kier alpha value is -2.14. The van der Waals surface area contributed by atoms with Crippen LogP contribution in [-0.2, 0) is 0 Å². The predicted molar refractivity (Wildman–Crippen MR) is 63.5 cm³/mol. The van der Waals surface area contributed by atoms with Gasteiger partial charge in [-0.3, -0.25) is 4.79 Å². The first kappa shape index (κ1) is 12.3. The van der Waals surface area contributed by atoms with Gasteiger partial charge in [0.1, 0.15) is 11.6 Å². The van der Waals surface area contributed by atoms with Crippen molar-refractivity contribution < 1.29 is 18.7 Å². The Morgan fingerprint density at radius 2 is 2.06 bits per heavy atom. The smallest absolute Gasteiger partial charge is 0.287 e. The zero-order valence-electron chi connectivity index (χ0n) is 9.52. The van der Waals surface area contributed by atoms with Crippen LogP contribution < -0.4 is 5.32 Å². The van der Waals surface area contributed by atoms with Crippen LogP contribution in [0, 0.1) is 5.82 Å².